The smallest absolute Gasteiger partial charge is 0.416 e. The van der Waals surface area contributed by atoms with Gasteiger partial charge >= 0.3 is 17.8 Å². The number of carbonyl (C=O) groups is 1. The Labute approximate surface area is 245 Å². The molecule has 10 nitrogen and oxygen atoms in total. The predicted octanol–water partition coefficient (Wildman–Crippen LogP) is 3.80. The number of H-pyrrole nitrogens is 1. The minimum Gasteiger partial charge on any atom is -0.466 e. The molecule has 13 heteroatoms. The maximum atomic E-state index is 13.6. The number of rotatable bonds is 8. The molecule has 3 aromatic rings. The molecule has 0 aliphatic carbocycles. The largest absolute Gasteiger partial charge is 0.466 e. The van der Waals surface area contributed by atoms with Crippen LogP contribution in [0.1, 0.15) is 48.1 Å². The van der Waals surface area contributed by atoms with E-state index in [4.69, 9.17) is 4.74 Å². The lowest BCUT2D eigenvalue weighted by Crippen LogP contribution is -2.48. The molecular weight excluding hydrogens is 565 g/mol. The lowest BCUT2D eigenvalue weighted by Gasteiger charge is -2.37. The second-order valence-corrected chi connectivity index (χ2v) is 10.9. The second-order valence-electron chi connectivity index (χ2n) is 10.9. The minimum absolute atomic E-state index is 0.00175. The minimum atomic E-state index is -4.62. The van der Waals surface area contributed by atoms with Crippen molar-refractivity contribution < 1.29 is 32.3 Å². The number of esters is 1. The van der Waals surface area contributed by atoms with Crippen LogP contribution >= 0.6 is 0 Å². The van der Waals surface area contributed by atoms with Crippen LogP contribution in [0.2, 0.25) is 0 Å². The van der Waals surface area contributed by atoms with E-state index in [1.54, 1.807) is 25.1 Å². The van der Waals surface area contributed by atoms with Gasteiger partial charge in [0.15, 0.2) is 0 Å². The number of aromatic amines is 1. The lowest BCUT2D eigenvalue weighted by molar-refractivity contribution is -0.916. The summed E-state index contributed by atoms with van der Waals surface area (Å²) < 4.78 is 48.0. The van der Waals surface area contributed by atoms with E-state index in [-0.39, 0.29) is 29.5 Å². The molecule has 1 fully saturated rings. The summed E-state index contributed by atoms with van der Waals surface area (Å²) in [5.74, 6) is -0.769. The van der Waals surface area contributed by atoms with Crippen LogP contribution in [0.15, 0.2) is 58.5 Å². The van der Waals surface area contributed by atoms with Gasteiger partial charge in [0.1, 0.15) is 12.6 Å². The number of halogens is 3. The number of fused-ring (bicyclic) bond motifs is 1. The summed E-state index contributed by atoms with van der Waals surface area (Å²) in [6.45, 7) is 4.72. The van der Waals surface area contributed by atoms with Crippen molar-refractivity contribution in [3.8, 4) is 6.07 Å². The van der Waals surface area contributed by atoms with Crippen LogP contribution < -0.4 is 10.6 Å². The van der Waals surface area contributed by atoms with Crippen molar-refractivity contribution in [1.82, 2.24) is 14.8 Å². The quantitative estimate of drug-likeness (QED) is 0.299. The first-order valence-corrected chi connectivity index (χ1v) is 14.0. The number of anilines is 2. The predicted molar refractivity (Wildman–Crippen MR) is 150 cm³/mol. The van der Waals surface area contributed by atoms with Crippen molar-refractivity contribution in [2.75, 3.05) is 44.8 Å². The Morgan fingerprint density at radius 3 is 2.60 bits per heavy atom. The monoisotopic (exact) mass is 597 g/mol. The van der Waals surface area contributed by atoms with Gasteiger partial charge in [-0.05, 0) is 48.4 Å². The van der Waals surface area contributed by atoms with Crippen LogP contribution in [0, 0.1) is 11.3 Å². The molecule has 1 saturated heterocycles. The third-order valence-electron chi connectivity index (χ3n) is 8.49. The van der Waals surface area contributed by atoms with Crippen molar-refractivity contribution in [2.24, 2.45) is 0 Å². The number of ether oxygens (including phenoxy) is 1. The first-order valence-electron chi connectivity index (χ1n) is 14.0. The van der Waals surface area contributed by atoms with Gasteiger partial charge in [-0.25, -0.2) is 19.3 Å². The van der Waals surface area contributed by atoms with Crippen LogP contribution in [-0.2, 0) is 22.1 Å². The zero-order valence-corrected chi connectivity index (χ0v) is 23.8. The standard InChI is InChI=1S/C30H31F3N6O4/c1-19-25(27(41)43-2)26(24-9-8-20(18-34)16-21(24)10-13-39(14-15-40)11-3-4-12-39)38-28(35-36-29(38)42)37(19)23-7-5-6-22(17-23)30(31,32)33/h5-9,16-17,26,40H,3-4,10-15H2,1-2H3/p+1/t26-/m1/s1. The lowest BCUT2D eigenvalue weighted by atomic mass is 9.89. The van der Waals surface area contributed by atoms with Crippen LogP contribution in [0.3, 0.4) is 0 Å². The molecule has 2 aliphatic rings. The van der Waals surface area contributed by atoms with Gasteiger partial charge in [0.2, 0.25) is 5.95 Å². The van der Waals surface area contributed by atoms with Gasteiger partial charge in [0, 0.05) is 30.6 Å². The Morgan fingerprint density at radius 2 is 1.95 bits per heavy atom. The molecule has 0 saturated carbocycles. The molecule has 43 heavy (non-hydrogen) atoms. The molecule has 0 bridgehead atoms. The van der Waals surface area contributed by atoms with E-state index in [9.17, 15) is 33.1 Å². The molecule has 0 radical (unpaired) electrons. The summed E-state index contributed by atoms with van der Waals surface area (Å²) in [4.78, 5) is 28.1. The highest BCUT2D eigenvalue weighted by Gasteiger charge is 2.41. The zero-order valence-electron chi connectivity index (χ0n) is 23.8. The van der Waals surface area contributed by atoms with Gasteiger partial charge in [-0.15, -0.1) is 5.10 Å². The SMILES string of the molecule is COC(=O)C1=C(C)N(c2cccc(C(F)(F)F)c2)c2n[nH]c(=O)n2[C@@H]1c1ccc(C#N)cc1CC[N+]1(CCO)CCCC1. The van der Waals surface area contributed by atoms with E-state index in [0.717, 1.165) is 48.1 Å². The number of alkyl halides is 3. The van der Waals surface area contributed by atoms with Gasteiger partial charge in [0.25, 0.3) is 0 Å². The van der Waals surface area contributed by atoms with E-state index in [2.05, 4.69) is 16.3 Å². The van der Waals surface area contributed by atoms with E-state index in [1.807, 2.05) is 0 Å². The number of carbonyl (C=O) groups excluding carboxylic acids is 1. The Kier molecular flexibility index (Phi) is 8.18. The molecule has 1 aromatic heterocycles. The van der Waals surface area contributed by atoms with E-state index in [0.29, 0.717) is 30.6 Å². The summed E-state index contributed by atoms with van der Waals surface area (Å²) in [5, 5.41) is 26.0. The first-order chi connectivity index (χ1) is 20.5. The van der Waals surface area contributed by atoms with Crippen molar-refractivity contribution in [2.45, 2.75) is 38.4 Å². The highest BCUT2D eigenvalue weighted by molar-refractivity contribution is 5.93. The number of allylic oxidation sites excluding steroid dienone is 1. The Bertz CT molecular complexity index is 1660. The zero-order chi connectivity index (χ0) is 30.9. The molecule has 2 aliphatic heterocycles. The van der Waals surface area contributed by atoms with Crippen molar-refractivity contribution >= 4 is 17.6 Å². The van der Waals surface area contributed by atoms with Crippen LogP contribution in [0.25, 0.3) is 0 Å². The van der Waals surface area contributed by atoms with Gasteiger partial charge in [0.05, 0.1) is 56.1 Å². The average molecular weight is 598 g/mol. The maximum Gasteiger partial charge on any atom is 0.416 e. The van der Waals surface area contributed by atoms with Gasteiger partial charge in [-0.1, -0.05) is 12.1 Å². The summed E-state index contributed by atoms with van der Waals surface area (Å²) >= 11 is 0. The fourth-order valence-corrected chi connectivity index (χ4v) is 6.37. The number of nitrogens with zero attached hydrogens (tertiary/aromatic N) is 5. The number of hydrogen-bond acceptors (Lipinski definition) is 7. The molecule has 5 rings (SSSR count). The number of aromatic nitrogens is 3. The van der Waals surface area contributed by atoms with E-state index < -0.39 is 29.4 Å². The summed E-state index contributed by atoms with van der Waals surface area (Å²) in [6.07, 6.45) is -2.04. The fourth-order valence-electron chi connectivity index (χ4n) is 6.37. The Balaban J connectivity index is 1.69. The topological polar surface area (TPSA) is 124 Å². The van der Waals surface area contributed by atoms with Crippen molar-refractivity contribution in [3.05, 3.63) is 86.5 Å². The van der Waals surface area contributed by atoms with Gasteiger partial charge in [-0.2, -0.15) is 18.4 Å². The number of benzene rings is 2. The highest BCUT2D eigenvalue weighted by atomic mass is 19.4. The Hall–Kier alpha value is -4.41. The molecule has 0 unspecified atom stereocenters. The van der Waals surface area contributed by atoms with Crippen molar-refractivity contribution in [1.29, 1.82) is 5.26 Å². The molecule has 226 valence electrons. The number of nitriles is 1. The summed E-state index contributed by atoms with van der Waals surface area (Å²) in [6, 6.07) is 10.7. The Morgan fingerprint density at radius 1 is 1.21 bits per heavy atom. The summed E-state index contributed by atoms with van der Waals surface area (Å²) in [7, 11) is 1.19. The molecule has 3 heterocycles. The first kappa shape index (κ1) is 30.1. The van der Waals surface area contributed by atoms with Crippen LogP contribution in [0.5, 0.6) is 0 Å². The van der Waals surface area contributed by atoms with Gasteiger partial charge in [-0.3, -0.25) is 4.90 Å². The third kappa shape index (κ3) is 5.55. The number of hydrogen-bond donors (Lipinski definition) is 2. The van der Waals surface area contributed by atoms with E-state index in [1.165, 1.54) is 28.7 Å². The maximum absolute atomic E-state index is 13.6. The second kappa shape index (κ2) is 11.7. The van der Waals surface area contributed by atoms with Crippen molar-refractivity contribution in [3.63, 3.8) is 0 Å². The number of methoxy groups -OCH3 is 1. The fraction of sp³-hybridized carbons (Fsp3) is 0.400. The number of aliphatic hydroxyl groups excluding tert-OH is 1. The number of quaternary nitrogens is 1. The van der Waals surface area contributed by atoms with Gasteiger partial charge < -0.3 is 14.3 Å². The number of likely N-dealkylation sites (tertiary alicyclic amines) is 1. The molecular formula is C30H32F3N6O4+. The van der Waals surface area contributed by atoms with E-state index >= 15 is 0 Å². The van der Waals surface area contributed by atoms with Crippen LogP contribution in [-0.4, -0.2) is 70.2 Å². The highest BCUT2D eigenvalue weighted by Crippen LogP contribution is 2.43. The molecule has 2 aromatic carbocycles. The summed E-state index contributed by atoms with van der Waals surface area (Å²) in [5.41, 5.74) is 0.446. The molecule has 0 amide bonds. The molecule has 1 atom stereocenters. The molecule has 0 spiro atoms. The van der Waals surface area contributed by atoms with Crippen LogP contribution in [0.4, 0.5) is 24.8 Å². The third-order valence-corrected chi connectivity index (χ3v) is 8.49. The molecule has 2 N–H and O–H groups in total. The average Bonchev–Trinajstić information content (AvgIpc) is 3.61. The normalized spacial score (nSPS) is 18.0. The number of aliphatic hydroxyl groups is 1. The number of nitrogens with one attached hydrogen (secondary N) is 1.